The standard InChI is InChI=1S/C7H14N2O2.ClH/c1-9-4-5(8)3-6(9)7(10)11-2;/h5-6H,3-4,8H2,1-2H3;1H/t5-,6-;/m0./s1. The highest BCUT2D eigenvalue weighted by Crippen LogP contribution is 2.14. The van der Waals surface area contributed by atoms with Gasteiger partial charge in [0.15, 0.2) is 0 Å². The van der Waals surface area contributed by atoms with Gasteiger partial charge in [-0.3, -0.25) is 9.69 Å². The maximum absolute atomic E-state index is 11.1. The molecule has 0 unspecified atom stereocenters. The third-order valence-electron chi connectivity index (χ3n) is 2.05. The first kappa shape index (κ1) is 11.7. The minimum absolute atomic E-state index is 0. The maximum atomic E-state index is 11.1. The van der Waals surface area contributed by atoms with E-state index in [1.807, 2.05) is 11.9 Å². The molecule has 72 valence electrons. The molecular weight excluding hydrogens is 180 g/mol. The fourth-order valence-electron chi connectivity index (χ4n) is 1.45. The molecule has 0 aromatic rings. The van der Waals surface area contributed by atoms with Crippen molar-refractivity contribution in [3.05, 3.63) is 0 Å². The molecule has 1 aliphatic rings. The van der Waals surface area contributed by atoms with Gasteiger partial charge in [-0.25, -0.2) is 0 Å². The van der Waals surface area contributed by atoms with Crippen molar-refractivity contribution in [2.45, 2.75) is 18.5 Å². The summed E-state index contributed by atoms with van der Waals surface area (Å²) in [5.41, 5.74) is 5.66. The Kier molecular flexibility index (Phi) is 4.52. The molecule has 2 atom stereocenters. The van der Waals surface area contributed by atoms with Crippen LogP contribution in [0.15, 0.2) is 0 Å². The van der Waals surface area contributed by atoms with Gasteiger partial charge < -0.3 is 10.5 Å². The minimum atomic E-state index is -0.180. The Bertz CT molecular complexity index is 165. The molecule has 4 nitrogen and oxygen atoms in total. The van der Waals surface area contributed by atoms with Crippen LogP contribution >= 0.6 is 12.4 Å². The summed E-state index contributed by atoms with van der Waals surface area (Å²) in [6.07, 6.45) is 0.711. The van der Waals surface area contributed by atoms with Gasteiger partial charge in [-0.05, 0) is 13.5 Å². The zero-order valence-electron chi connectivity index (χ0n) is 7.32. The van der Waals surface area contributed by atoms with Crippen molar-refractivity contribution in [2.24, 2.45) is 5.73 Å². The van der Waals surface area contributed by atoms with Crippen molar-refractivity contribution >= 4 is 18.4 Å². The topological polar surface area (TPSA) is 55.6 Å². The molecule has 0 aromatic carbocycles. The van der Waals surface area contributed by atoms with Gasteiger partial charge in [-0.1, -0.05) is 0 Å². The van der Waals surface area contributed by atoms with Gasteiger partial charge in [-0.2, -0.15) is 0 Å². The van der Waals surface area contributed by atoms with Crippen LogP contribution in [0.4, 0.5) is 0 Å². The lowest BCUT2D eigenvalue weighted by atomic mass is 10.2. The molecule has 5 heteroatoms. The molecule has 1 aliphatic heterocycles. The quantitative estimate of drug-likeness (QED) is 0.578. The van der Waals surface area contributed by atoms with E-state index in [2.05, 4.69) is 4.74 Å². The molecule has 1 fully saturated rings. The smallest absolute Gasteiger partial charge is 0.323 e. The van der Waals surface area contributed by atoms with E-state index in [-0.39, 0.29) is 30.5 Å². The van der Waals surface area contributed by atoms with Crippen molar-refractivity contribution in [3.8, 4) is 0 Å². The Balaban J connectivity index is 0.00000121. The summed E-state index contributed by atoms with van der Waals surface area (Å²) >= 11 is 0. The first-order chi connectivity index (χ1) is 5.15. The van der Waals surface area contributed by atoms with Crippen molar-refractivity contribution < 1.29 is 9.53 Å². The second-order valence-corrected chi connectivity index (χ2v) is 2.97. The Hall–Kier alpha value is -0.320. The number of nitrogens with two attached hydrogens (primary N) is 1. The number of hydrogen-bond donors (Lipinski definition) is 1. The fourth-order valence-corrected chi connectivity index (χ4v) is 1.45. The van der Waals surface area contributed by atoms with Crippen LogP contribution in [-0.2, 0) is 9.53 Å². The third-order valence-corrected chi connectivity index (χ3v) is 2.05. The van der Waals surface area contributed by atoms with Gasteiger partial charge >= 0.3 is 5.97 Å². The van der Waals surface area contributed by atoms with Crippen LogP contribution in [0.25, 0.3) is 0 Å². The zero-order valence-corrected chi connectivity index (χ0v) is 8.13. The number of hydrogen-bond acceptors (Lipinski definition) is 4. The van der Waals surface area contributed by atoms with Crippen LogP contribution in [0.3, 0.4) is 0 Å². The van der Waals surface area contributed by atoms with E-state index in [9.17, 15) is 4.79 Å². The van der Waals surface area contributed by atoms with Gasteiger partial charge in [0.05, 0.1) is 7.11 Å². The molecule has 1 rings (SSSR count). The average molecular weight is 195 g/mol. The summed E-state index contributed by atoms with van der Waals surface area (Å²) in [5.74, 6) is -0.180. The number of esters is 1. The lowest BCUT2D eigenvalue weighted by molar-refractivity contribution is -0.145. The largest absolute Gasteiger partial charge is 0.468 e. The molecule has 1 saturated heterocycles. The maximum Gasteiger partial charge on any atom is 0.323 e. The summed E-state index contributed by atoms with van der Waals surface area (Å²) < 4.78 is 4.62. The molecule has 2 N–H and O–H groups in total. The van der Waals surface area contributed by atoms with Crippen molar-refractivity contribution in [2.75, 3.05) is 20.7 Å². The molecule has 0 saturated carbocycles. The summed E-state index contributed by atoms with van der Waals surface area (Å²) in [4.78, 5) is 13.0. The highest BCUT2D eigenvalue weighted by molar-refractivity contribution is 5.85. The summed E-state index contributed by atoms with van der Waals surface area (Å²) in [6, 6.07) is -0.0147. The Morgan fingerprint density at radius 2 is 2.25 bits per heavy atom. The van der Waals surface area contributed by atoms with Gasteiger partial charge in [0.1, 0.15) is 6.04 Å². The van der Waals surface area contributed by atoms with E-state index in [0.29, 0.717) is 6.42 Å². The molecule has 1 heterocycles. The van der Waals surface area contributed by atoms with Crippen molar-refractivity contribution in [1.29, 1.82) is 0 Å². The van der Waals surface area contributed by atoms with Crippen LogP contribution in [0.5, 0.6) is 0 Å². The molecule has 0 bridgehead atoms. The normalized spacial score (nSPS) is 29.6. The van der Waals surface area contributed by atoms with Crippen molar-refractivity contribution in [1.82, 2.24) is 4.90 Å². The van der Waals surface area contributed by atoms with E-state index in [1.54, 1.807) is 0 Å². The molecule has 0 radical (unpaired) electrons. The predicted octanol–water partition coefficient (Wildman–Crippen LogP) is -0.387. The molecule has 0 spiro atoms. The Labute approximate surface area is 78.5 Å². The highest BCUT2D eigenvalue weighted by atomic mass is 35.5. The number of rotatable bonds is 1. The van der Waals surface area contributed by atoms with Crippen molar-refractivity contribution in [3.63, 3.8) is 0 Å². The van der Waals surface area contributed by atoms with Crippen LogP contribution < -0.4 is 5.73 Å². The van der Waals surface area contributed by atoms with Gasteiger partial charge in [0, 0.05) is 12.6 Å². The molecule has 0 aliphatic carbocycles. The minimum Gasteiger partial charge on any atom is -0.468 e. The number of methoxy groups -OCH3 is 1. The lowest BCUT2D eigenvalue weighted by Crippen LogP contribution is -2.33. The Morgan fingerprint density at radius 3 is 2.58 bits per heavy atom. The number of carbonyl (C=O) groups is 1. The van der Waals surface area contributed by atoms with Crippen LogP contribution in [0, 0.1) is 0 Å². The Morgan fingerprint density at radius 1 is 1.67 bits per heavy atom. The predicted molar refractivity (Wildman–Crippen MR) is 48.3 cm³/mol. The van der Waals surface area contributed by atoms with E-state index in [1.165, 1.54) is 7.11 Å². The monoisotopic (exact) mass is 194 g/mol. The summed E-state index contributed by atoms with van der Waals surface area (Å²) in [6.45, 7) is 0.778. The van der Waals surface area contributed by atoms with E-state index >= 15 is 0 Å². The van der Waals surface area contributed by atoms with Crippen LogP contribution in [0.1, 0.15) is 6.42 Å². The number of ether oxygens (including phenoxy) is 1. The van der Waals surface area contributed by atoms with E-state index in [0.717, 1.165) is 6.54 Å². The number of carbonyl (C=O) groups excluding carboxylic acids is 1. The summed E-state index contributed by atoms with van der Waals surface area (Å²) in [7, 11) is 3.29. The molecular formula is C7H15ClN2O2. The van der Waals surface area contributed by atoms with Gasteiger partial charge in [-0.15, -0.1) is 12.4 Å². The molecule has 0 aromatic heterocycles. The first-order valence-electron chi connectivity index (χ1n) is 3.68. The molecule has 12 heavy (non-hydrogen) atoms. The molecule has 0 amide bonds. The van der Waals surface area contributed by atoms with E-state index in [4.69, 9.17) is 5.73 Å². The zero-order chi connectivity index (χ0) is 8.43. The second-order valence-electron chi connectivity index (χ2n) is 2.97. The number of likely N-dealkylation sites (tertiary alicyclic amines) is 1. The second kappa shape index (κ2) is 4.64. The van der Waals surface area contributed by atoms with Crippen LogP contribution in [-0.4, -0.2) is 43.7 Å². The lowest BCUT2D eigenvalue weighted by Gasteiger charge is -2.15. The van der Waals surface area contributed by atoms with Gasteiger partial charge in [0.2, 0.25) is 0 Å². The number of likely N-dealkylation sites (N-methyl/N-ethyl adjacent to an activating group) is 1. The first-order valence-corrected chi connectivity index (χ1v) is 3.68. The average Bonchev–Trinajstić information content (AvgIpc) is 2.28. The van der Waals surface area contributed by atoms with Crippen LogP contribution in [0.2, 0.25) is 0 Å². The SMILES string of the molecule is COC(=O)[C@@H]1C[C@H](N)CN1C.Cl. The fraction of sp³-hybridized carbons (Fsp3) is 0.857. The number of nitrogens with zero attached hydrogens (tertiary/aromatic N) is 1. The highest BCUT2D eigenvalue weighted by Gasteiger charge is 2.32. The summed E-state index contributed by atoms with van der Waals surface area (Å²) in [5, 5.41) is 0. The third kappa shape index (κ3) is 2.33. The number of halogens is 1. The van der Waals surface area contributed by atoms with E-state index < -0.39 is 0 Å². The van der Waals surface area contributed by atoms with Gasteiger partial charge in [0.25, 0.3) is 0 Å².